The summed E-state index contributed by atoms with van der Waals surface area (Å²) < 4.78 is 1.27. The molecule has 20 heavy (non-hydrogen) atoms. The lowest BCUT2D eigenvalue weighted by Gasteiger charge is -2.08. The van der Waals surface area contributed by atoms with E-state index in [1.54, 1.807) is 29.5 Å². The predicted molar refractivity (Wildman–Crippen MR) is 85.3 cm³/mol. The van der Waals surface area contributed by atoms with Crippen LogP contribution >= 0.6 is 22.9 Å². The van der Waals surface area contributed by atoms with Crippen LogP contribution in [0, 0.1) is 11.3 Å². The van der Waals surface area contributed by atoms with Crippen molar-refractivity contribution < 1.29 is 0 Å². The first-order chi connectivity index (χ1) is 9.78. The molecule has 2 nitrogen and oxygen atoms in total. The highest BCUT2D eigenvalue weighted by Crippen LogP contribution is 2.27. The van der Waals surface area contributed by atoms with E-state index in [0.29, 0.717) is 17.1 Å². The molecule has 1 heterocycles. The van der Waals surface area contributed by atoms with E-state index < -0.39 is 0 Å². The van der Waals surface area contributed by atoms with Gasteiger partial charge in [-0.05, 0) is 40.6 Å². The average Bonchev–Trinajstić information content (AvgIpc) is 2.88. The molecule has 0 amide bonds. The molecule has 0 aliphatic carbocycles. The van der Waals surface area contributed by atoms with Crippen molar-refractivity contribution in [1.82, 2.24) is 0 Å². The molecule has 0 aliphatic heterocycles. The van der Waals surface area contributed by atoms with Gasteiger partial charge in [0.15, 0.2) is 0 Å². The minimum atomic E-state index is 0.605. The number of nitrogens with one attached hydrogen (secondary N) is 1. The van der Waals surface area contributed by atoms with Crippen molar-refractivity contribution in [2.75, 3.05) is 5.32 Å². The van der Waals surface area contributed by atoms with Crippen molar-refractivity contribution in [3.05, 3.63) is 64.0 Å². The molecule has 0 fully saturated rings. The fourth-order valence-corrected chi connectivity index (χ4v) is 3.26. The normalized spacial score (nSPS) is 10.4. The maximum absolute atomic E-state index is 9.11. The SMILES string of the molecule is N#Cc1ccc(Cl)cc1NCc1csc2ccccc12. The third-order valence-corrected chi connectivity index (χ3v) is 4.38. The Morgan fingerprint density at radius 1 is 1.20 bits per heavy atom. The number of nitriles is 1. The summed E-state index contributed by atoms with van der Waals surface area (Å²) in [5.41, 5.74) is 2.61. The van der Waals surface area contributed by atoms with Gasteiger partial charge in [0.05, 0.1) is 11.3 Å². The van der Waals surface area contributed by atoms with E-state index >= 15 is 0 Å². The first-order valence-electron chi connectivity index (χ1n) is 6.16. The summed E-state index contributed by atoms with van der Waals surface area (Å²) in [5, 5.41) is 16.4. The van der Waals surface area contributed by atoms with Gasteiger partial charge in [0.1, 0.15) is 6.07 Å². The highest BCUT2D eigenvalue weighted by molar-refractivity contribution is 7.17. The smallest absolute Gasteiger partial charge is 0.101 e. The van der Waals surface area contributed by atoms with Gasteiger partial charge in [0.25, 0.3) is 0 Å². The van der Waals surface area contributed by atoms with E-state index in [2.05, 4.69) is 28.9 Å². The Labute approximate surface area is 126 Å². The monoisotopic (exact) mass is 298 g/mol. The van der Waals surface area contributed by atoms with Crippen LogP contribution in [0.2, 0.25) is 5.02 Å². The van der Waals surface area contributed by atoms with Gasteiger partial charge in [0, 0.05) is 16.3 Å². The first kappa shape index (κ1) is 13.0. The summed E-state index contributed by atoms with van der Waals surface area (Å²) in [6.07, 6.45) is 0. The van der Waals surface area contributed by atoms with Crippen molar-refractivity contribution in [1.29, 1.82) is 5.26 Å². The van der Waals surface area contributed by atoms with Gasteiger partial charge < -0.3 is 5.32 Å². The molecule has 0 spiro atoms. The van der Waals surface area contributed by atoms with E-state index in [1.165, 1.54) is 15.6 Å². The Kier molecular flexibility index (Phi) is 3.60. The van der Waals surface area contributed by atoms with Gasteiger partial charge in [-0.3, -0.25) is 0 Å². The van der Waals surface area contributed by atoms with Crippen LogP contribution in [0.3, 0.4) is 0 Å². The van der Waals surface area contributed by atoms with E-state index in [9.17, 15) is 0 Å². The van der Waals surface area contributed by atoms with Crippen molar-refractivity contribution in [3.63, 3.8) is 0 Å². The molecule has 4 heteroatoms. The lowest BCUT2D eigenvalue weighted by atomic mass is 10.1. The fourth-order valence-electron chi connectivity index (χ4n) is 2.12. The molecule has 0 aliphatic rings. The first-order valence-corrected chi connectivity index (χ1v) is 7.42. The second-order valence-electron chi connectivity index (χ2n) is 4.41. The van der Waals surface area contributed by atoms with E-state index in [-0.39, 0.29) is 0 Å². The van der Waals surface area contributed by atoms with Crippen LogP contribution in [-0.4, -0.2) is 0 Å². The van der Waals surface area contributed by atoms with Crippen molar-refractivity contribution in [3.8, 4) is 6.07 Å². The van der Waals surface area contributed by atoms with Gasteiger partial charge in [-0.1, -0.05) is 29.8 Å². The lowest BCUT2D eigenvalue weighted by molar-refractivity contribution is 1.17. The van der Waals surface area contributed by atoms with Crippen LogP contribution in [0.25, 0.3) is 10.1 Å². The number of fused-ring (bicyclic) bond motifs is 1. The van der Waals surface area contributed by atoms with Crippen LogP contribution in [-0.2, 0) is 6.54 Å². The Morgan fingerprint density at radius 3 is 2.90 bits per heavy atom. The number of benzene rings is 2. The molecule has 98 valence electrons. The van der Waals surface area contributed by atoms with Gasteiger partial charge in [-0.15, -0.1) is 11.3 Å². The quantitative estimate of drug-likeness (QED) is 0.735. The largest absolute Gasteiger partial charge is 0.380 e. The van der Waals surface area contributed by atoms with Gasteiger partial charge in [-0.2, -0.15) is 5.26 Å². The number of hydrogen-bond acceptors (Lipinski definition) is 3. The molecule has 3 aromatic rings. The van der Waals surface area contributed by atoms with E-state index in [4.69, 9.17) is 16.9 Å². The maximum atomic E-state index is 9.11. The minimum Gasteiger partial charge on any atom is -0.380 e. The average molecular weight is 299 g/mol. The molecule has 2 aromatic carbocycles. The Bertz CT molecular complexity index is 802. The molecule has 0 saturated carbocycles. The molecule has 0 radical (unpaired) electrons. The number of thiophene rings is 1. The topological polar surface area (TPSA) is 35.8 Å². The second kappa shape index (κ2) is 5.54. The summed E-state index contributed by atoms with van der Waals surface area (Å²) in [7, 11) is 0. The van der Waals surface area contributed by atoms with Gasteiger partial charge >= 0.3 is 0 Å². The summed E-state index contributed by atoms with van der Waals surface area (Å²) in [6, 6.07) is 15.7. The highest BCUT2D eigenvalue weighted by atomic mass is 35.5. The van der Waals surface area contributed by atoms with Crippen LogP contribution in [0.15, 0.2) is 47.8 Å². The minimum absolute atomic E-state index is 0.605. The zero-order chi connectivity index (χ0) is 13.9. The number of nitrogens with zero attached hydrogens (tertiary/aromatic N) is 1. The molecule has 0 bridgehead atoms. The molecular formula is C16H11ClN2S. The van der Waals surface area contributed by atoms with Crippen molar-refractivity contribution >= 4 is 38.7 Å². The van der Waals surface area contributed by atoms with Gasteiger partial charge in [0.2, 0.25) is 0 Å². The number of hydrogen-bond donors (Lipinski definition) is 1. The van der Waals surface area contributed by atoms with Crippen LogP contribution in [0.5, 0.6) is 0 Å². The summed E-state index contributed by atoms with van der Waals surface area (Å²) in [4.78, 5) is 0. The summed E-state index contributed by atoms with van der Waals surface area (Å²) in [6.45, 7) is 0.680. The number of rotatable bonds is 3. The van der Waals surface area contributed by atoms with Crippen LogP contribution in [0.1, 0.15) is 11.1 Å². The third-order valence-electron chi connectivity index (χ3n) is 3.13. The molecule has 1 N–H and O–H groups in total. The predicted octanol–water partition coefficient (Wildman–Crippen LogP) is 5.04. The molecule has 1 aromatic heterocycles. The molecule has 0 saturated heterocycles. The number of halogens is 1. The molecular weight excluding hydrogens is 288 g/mol. The molecule has 0 atom stereocenters. The zero-order valence-electron chi connectivity index (χ0n) is 10.6. The van der Waals surface area contributed by atoms with E-state index in [0.717, 1.165) is 5.69 Å². The summed E-state index contributed by atoms with van der Waals surface area (Å²) in [5.74, 6) is 0. The van der Waals surface area contributed by atoms with E-state index in [1.807, 2.05) is 12.1 Å². The van der Waals surface area contributed by atoms with Crippen molar-refractivity contribution in [2.24, 2.45) is 0 Å². The standard InChI is InChI=1S/C16H11ClN2S/c17-13-6-5-11(8-18)15(7-13)19-9-12-10-20-16-4-2-1-3-14(12)16/h1-7,10,19H,9H2. The third kappa shape index (κ3) is 2.49. The van der Waals surface area contributed by atoms with Gasteiger partial charge in [-0.25, -0.2) is 0 Å². The highest BCUT2D eigenvalue weighted by Gasteiger charge is 2.06. The molecule has 3 rings (SSSR count). The second-order valence-corrected chi connectivity index (χ2v) is 5.76. The van der Waals surface area contributed by atoms with Crippen molar-refractivity contribution in [2.45, 2.75) is 6.54 Å². The summed E-state index contributed by atoms with van der Waals surface area (Å²) >= 11 is 7.71. The lowest BCUT2D eigenvalue weighted by Crippen LogP contribution is -2.00. The Balaban J connectivity index is 1.87. The Morgan fingerprint density at radius 2 is 2.05 bits per heavy atom. The zero-order valence-corrected chi connectivity index (χ0v) is 12.1. The molecule has 0 unspecified atom stereocenters. The fraction of sp³-hybridized carbons (Fsp3) is 0.0625. The van der Waals surface area contributed by atoms with Crippen LogP contribution < -0.4 is 5.32 Å². The van der Waals surface area contributed by atoms with Crippen LogP contribution in [0.4, 0.5) is 5.69 Å². The maximum Gasteiger partial charge on any atom is 0.101 e. The number of anilines is 1. The Hall–Kier alpha value is -2.02.